The van der Waals surface area contributed by atoms with Gasteiger partial charge in [-0.3, -0.25) is 4.79 Å². The Bertz CT molecular complexity index is 531. The maximum Gasteiger partial charge on any atom is 0.287 e. The van der Waals surface area contributed by atoms with E-state index >= 15 is 0 Å². The van der Waals surface area contributed by atoms with Crippen molar-refractivity contribution in [2.24, 2.45) is 0 Å². The molecule has 0 saturated carbocycles. The van der Waals surface area contributed by atoms with E-state index in [9.17, 15) is 4.79 Å². The Balaban J connectivity index is 2.59. The lowest BCUT2D eigenvalue weighted by atomic mass is 10.1. The number of H-pyrrole nitrogens is 1. The van der Waals surface area contributed by atoms with E-state index in [2.05, 4.69) is 10.2 Å². The fourth-order valence-electron chi connectivity index (χ4n) is 1.28. The molecule has 76 valence electrons. The van der Waals surface area contributed by atoms with Gasteiger partial charge in [-0.15, -0.1) is 0 Å². The largest absolute Gasteiger partial charge is 0.508 e. The zero-order valence-electron chi connectivity index (χ0n) is 7.77. The van der Waals surface area contributed by atoms with E-state index in [0.717, 1.165) is 5.56 Å². The number of phenols is 1. The molecule has 0 fully saturated rings. The van der Waals surface area contributed by atoms with Crippen molar-refractivity contribution >= 4 is 5.69 Å². The molecule has 0 radical (unpaired) electrons. The molecule has 5 nitrogen and oxygen atoms in total. The molecule has 1 aromatic heterocycles. The van der Waals surface area contributed by atoms with E-state index in [-0.39, 0.29) is 11.4 Å². The van der Waals surface area contributed by atoms with Crippen molar-refractivity contribution in [3.8, 4) is 16.9 Å². The summed E-state index contributed by atoms with van der Waals surface area (Å²) in [6, 6.07) is 6.39. The molecule has 0 atom stereocenters. The van der Waals surface area contributed by atoms with E-state index in [1.54, 1.807) is 12.1 Å². The smallest absolute Gasteiger partial charge is 0.287 e. The molecule has 15 heavy (non-hydrogen) atoms. The summed E-state index contributed by atoms with van der Waals surface area (Å²) in [5.74, 6) is 0.162. The van der Waals surface area contributed by atoms with Crippen LogP contribution >= 0.6 is 0 Å². The zero-order valence-corrected chi connectivity index (χ0v) is 7.77. The molecule has 2 aromatic rings. The van der Waals surface area contributed by atoms with Gasteiger partial charge in [0.05, 0.1) is 6.20 Å². The number of nitrogens with zero attached hydrogens (tertiary/aromatic N) is 1. The van der Waals surface area contributed by atoms with Crippen LogP contribution in [0.2, 0.25) is 0 Å². The second-order valence-electron chi connectivity index (χ2n) is 3.07. The van der Waals surface area contributed by atoms with Crippen LogP contribution in [-0.4, -0.2) is 15.3 Å². The molecule has 2 rings (SSSR count). The number of anilines is 1. The highest BCUT2D eigenvalue weighted by Crippen LogP contribution is 2.23. The van der Waals surface area contributed by atoms with E-state index in [4.69, 9.17) is 10.8 Å². The van der Waals surface area contributed by atoms with Crippen LogP contribution in [0.5, 0.6) is 5.75 Å². The molecule has 0 aliphatic carbocycles. The first-order chi connectivity index (χ1) is 7.18. The average molecular weight is 203 g/mol. The number of hydrogen-bond acceptors (Lipinski definition) is 4. The van der Waals surface area contributed by atoms with Crippen molar-refractivity contribution in [2.45, 2.75) is 0 Å². The van der Waals surface area contributed by atoms with Crippen molar-refractivity contribution in [2.75, 3.05) is 5.73 Å². The van der Waals surface area contributed by atoms with E-state index in [1.165, 1.54) is 18.3 Å². The van der Waals surface area contributed by atoms with Crippen LogP contribution in [0, 0.1) is 0 Å². The number of phenolic OH excluding ortho intramolecular Hbond substituents is 1. The predicted octanol–water partition coefficient (Wildman–Crippen LogP) is 0.725. The van der Waals surface area contributed by atoms with Crippen LogP contribution in [0.15, 0.2) is 35.3 Å². The van der Waals surface area contributed by atoms with Gasteiger partial charge in [-0.2, -0.15) is 5.10 Å². The molecular weight excluding hydrogens is 194 g/mol. The minimum atomic E-state index is -0.416. The maximum atomic E-state index is 11.2. The molecule has 5 heteroatoms. The van der Waals surface area contributed by atoms with Crippen LogP contribution in [0.4, 0.5) is 5.69 Å². The molecule has 1 heterocycles. The molecule has 0 aliphatic rings. The molecule has 0 unspecified atom stereocenters. The maximum absolute atomic E-state index is 11.2. The summed E-state index contributed by atoms with van der Waals surface area (Å²) in [5, 5.41) is 15.0. The number of nitrogens with one attached hydrogen (secondary N) is 1. The Kier molecular flexibility index (Phi) is 2.13. The van der Waals surface area contributed by atoms with Crippen molar-refractivity contribution in [1.29, 1.82) is 0 Å². The van der Waals surface area contributed by atoms with Gasteiger partial charge in [0.1, 0.15) is 11.4 Å². The third kappa shape index (κ3) is 1.67. The fraction of sp³-hybridized carbons (Fsp3) is 0. The van der Waals surface area contributed by atoms with Crippen molar-refractivity contribution in [3.63, 3.8) is 0 Å². The summed E-state index contributed by atoms with van der Waals surface area (Å²) in [5.41, 5.74) is 6.61. The SMILES string of the molecule is Nc1c(-c2ccc(O)cc2)cn[nH]c1=O. The molecule has 0 bridgehead atoms. The first-order valence-corrected chi connectivity index (χ1v) is 4.31. The summed E-state index contributed by atoms with van der Waals surface area (Å²) in [6.07, 6.45) is 1.48. The molecular formula is C10H9N3O2. The molecule has 0 spiro atoms. The first-order valence-electron chi connectivity index (χ1n) is 4.31. The van der Waals surface area contributed by atoms with Crippen molar-refractivity contribution < 1.29 is 5.11 Å². The Labute approximate surface area is 85.2 Å². The van der Waals surface area contributed by atoms with Gasteiger partial charge in [-0.05, 0) is 17.7 Å². The normalized spacial score (nSPS) is 10.1. The average Bonchev–Trinajstić information content (AvgIpc) is 2.24. The lowest BCUT2D eigenvalue weighted by Gasteiger charge is -2.03. The molecule has 1 aromatic carbocycles. The summed E-state index contributed by atoms with van der Waals surface area (Å²) in [4.78, 5) is 11.2. The minimum absolute atomic E-state index is 0.121. The van der Waals surface area contributed by atoms with Gasteiger partial charge in [-0.25, -0.2) is 5.10 Å². The number of nitrogen functional groups attached to an aromatic ring is 1. The van der Waals surface area contributed by atoms with Gasteiger partial charge in [0, 0.05) is 5.56 Å². The quantitative estimate of drug-likeness (QED) is 0.636. The Hall–Kier alpha value is -2.30. The van der Waals surface area contributed by atoms with E-state index < -0.39 is 5.56 Å². The highest BCUT2D eigenvalue weighted by Gasteiger charge is 2.05. The van der Waals surface area contributed by atoms with Gasteiger partial charge in [0.25, 0.3) is 5.56 Å². The number of nitrogens with two attached hydrogens (primary N) is 1. The highest BCUT2D eigenvalue weighted by molar-refractivity contribution is 5.74. The Morgan fingerprint density at radius 2 is 1.93 bits per heavy atom. The lowest BCUT2D eigenvalue weighted by Crippen LogP contribution is -2.13. The van der Waals surface area contributed by atoms with Gasteiger partial charge >= 0.3 is 0 Å². The number of benzene rings is 1. The molecule has 4 N–H and O–H groups in total. The Morgan fingerprint density at radius 3 is 2.60 bits per heavy atom. The van der Waals surface area contributed by atoms with Gasteiger partial charge in [0.2, 0.25) is 0 Å². The van der Waals surface area contributed by atoms with Crippen LogP contribution < -0.4 is 11.3 Å². The zero-order chi connectivity index (χ0) is 10.8. The third-order valence-electron chi connectivity index (χ3n) is 2.07. The monoisotopic (exact) mass is 203 g/mol. The molecule has 0 saturated heterocycles. The summed E-state index contributed by atoms with van der Waals surface area (Å²) < 4.78 is 0. The van der Waals surface area contributed by atoms with Crippen LogP contribution in [0.3, 0.4) is 0 Å². The number of hydrogen-bond donors (Lipinski definition) is 3. The van der Waals surface area contributed by atoms with Crippen LogP contribution in [-0.2, 0) is 0 Å². The highest BCUT2D eigenvalue weighted by atomic mass is 16.3. The number of aromatic amines is 1. The van der Waals surface area contributed by atoms with Gasteiger partial charge < -0.3 is 10.8 Å². The summed E-state index contributed by atoms with van der Waals surface area (Å²) in [7, 11) is 0. The van der Waals surface area contributed by atoms with Crippen molar-refractivity contribution in [3.05, 3.63) is 40.8 Å². The number of aromatic hydroxyl groups is 1. The standard InChI is InChI=1S/C10H9N3O2/c11-9-8(5-12-13-10(9)15)6-1-3-7(14)4-2-6/h1-5,14H,(H2,11,12)(H,13,15). The van der Waals surface area contributed by atoms with Gasteiger partial charge in [-0.1, -0.05) is 12.1 Å². The van der Waals surface area contributed by atoms with E-state index in [0.29, 0.717) is 5.56 Å². The fourth-order valence-corrected chi connectivity index (χ4v) is 1.28. The van der Waals surface area contributed by atoms with Crippen LogP contribution in [0.25, 0.3) is 11.1 Å². The second-order valence-corrected chi connectivity index (χ2v) is 3.07. The first kappa shape index (κ1) is 9.26. The number of aromatic nitrogens is 2. The summed E-state index contributed by atoms with van der Waals surface area (Å²) >= 11 is 0. The van der Waals surface area contributed by atoms with Gasteiger partial charge in [0.15, 0.2) is 0 Å². The molecule has 0 amide bonds. The topological polar surface area (TPSA) is 92.0 Å². The lowest BCUT2D eigenvalue weighted by molar-refractivity contribution is 0.475. The third-order valence-corrected chi connectivity index (χ3v) is 2.07. The van der Waals surface area contributed by atoms with E-state index in [1.807, 2.05) is 0 Å². The minimum Gasteiger partial charge on any atom is -0.508 e. The number of rotatable bonds is 1. The molecule has 0 aliphatic heterocycles. The van der Waals surface area contributed by atoms with Crippen molar-refractivity contribution in [1.82, 2.24) is 10.2 Å². The summed E-state index contributed by atoms with van der Waals surface area (Å²) in [6.45, 7) is 0. The van der Waals surface area contributed by atoms with Crippen LogP contribution in [0.1, 0.15) is 0 Å². The second kappa shape index (κ2) is 3.45. The predicted molar refractivity (Wildman–Crippen MR) is 56.4 cm³/mol. The Morgan fingerprint density at radius 1 is 1.27 bits per heavy atom.